The summed E-state index contributed by atoms with van der Waals surface area (Å²) in [4.78, 5) is 11.2. The highest BCUT2D eigenvalue weighted by Gasteiger charge is 1.99. The van der Waals surface area contributed by atoms with Crippen molar-refractivity contribution in [2.24, 2.45) is 5.73 Å². The molecule has 0 saturated carbocycles. The molecule has 0 bridgehead atoms. The molecule has 0 aromatic carbocycles. The summed E-state index contributed by atoms with van der Waals surface area (Å²) >= 11 is 0. The van der Waals surface area contributed by atoms with Crippen LogP contribution in [0.3, 0.4) is 0 Å². The monoisotopic (exact) mass is 551 g/mol. The number of carbonyl (C=O) groups is 1. The fourth-order valence-electron chi connectivity index (χ4n) is 5.72. The van der Waals surface area contributed by atoms with E-state index in [1.54, 1.807) is 0 Å². The first kappa shape index (κ1) is 38.6. The van der Waals surface area contributed by atoms with Gasteiger partial charge in [0.2, 0.25) is 0 Å². The molecule has 3 N–H and O–H groups in total. The van der Waals surface area contributed by atoms with E-state index in [9.17, 15) is 4.79 Å². The number of Topliss-reactive ketones (excluding diaryl/α,β-unsaturated/α-hetero) is 1. The van der Waals surface area contributed by atoms with Crippen LogP contribution in [0, 0.1) is 0 Å². The van der Waals surface area contributed by atoms with Crippen LogP contribution in [0.5, 0.6) is 0 Å². The van der Waals surface area contributed by atoms with E-state index in [1.165, 1.54) is 199 Å². The Bertz CT molecular complexity index is 453. The number of hydrogen-bond donors (Lipinski definition) is 2. The molecular formula is C36H74N2O. The summed E-state index contributed by atoms with van der Waals surface area (Å²) in [5.74, 6) is 0.216. The summed E-state index contributed by atoms with van der Waals surface area (Å²) in [5.41, 5.74) is 5.34. The standard InChI is InChI=1S/C36H74N2O/c1-2-3-4-5-6-7-8-9-12-15-18-21-24-27-30-33-38-34-31-28-25-22-19-16-13-10-11-14-17-20-23-26-29-32-36(39)35-37/h38H,2-35,37H2,1H3. The zero-order valence-electron chi connectivity index (χ0n) is 27.0. The van der Waals surface area contributed by atoms with Crippen LogP contribution in [0.15, 0.2) is 0 Å². The first-order valence-electron chi connectivity index (χ1n) is 18.2. The Labute approximate surface area is 247 Å². The molecule has 0 aliphatic carbocycles. The van der Waals surface area contributed by atoms with Gasteiger partial charge in [-0.15, -0.1) is 0 Å². The van der Waals surface area contributed by atoms with Crippen LogP contribution in [-0.2, 0) is 4.79 Å². The second kappa shape index (κ2) is 35.6. The van der Waals surface area contributed by atoms with Crippen molar-refractivity contribution in [3.05, 3.63) is 0 Å². The van der Waals surface area contributed by atoms with Crippen LogP contribution in [0.1, 0.15) is 206 Å². The Balaban J connectivity index is 3.03. The minimum absolute atomic E-state index is 0.216. The van der Waals surface area contributed by atoms with Crippen LogP contribution in [0.25, 0.3) is 0 Å². The molecule has 0 fully saturated rings. The molecule has 0 amide bonds. The highest BCUT2D eigenvalue weighted by molar-refractivity contribution is 5.80. The Kier molecular flexibility index (Phi) is 35.2. The van der Waals surface area contributed by atoms with E-state index < -0.39 is 0 Å². The minimum atomic E-state index is 0.216. The molecule has 0 unspecified atom stereocenters. The smallest absolute Gasteiger partial charge is 0.146 e. The van der Waals surface area contributed by atoms with Crippen molar-refractivity contribution < 1.29 is 4.79 Å². The van der Waals surface area contributed by atoms with E-state index in [2.05, 4.69) is 12.2 Å². The maximum Gasteiger partial charge on any atom is 0.146 e. The summed E-state index contributed by atoms with van der Waals surface area (Å²) in [6.07, 6.45) is 42.8. The van der Waals surface area contributed by atoms with E-state index >= 15 is 0 Å². The molecule has 234 valence electrons. The molecule has 3 nitrogen and oxygen atoms in total. The molecule has 0 spiro atoms. The number of ketones is 1. The molecule has 39 heavy (non-hydrogen) atoms. The highest BCUT2D eigenvalue weighted by atomic mass is 16.1. The lowest BCUT2D eigenvalue weighted by Crippen LogP contribution is -2.16. The number of unbranched alkanes of at least 4 members (excludes halogenated alkanes) is 28. The van der Waals surface area contributed by atoms with Crippen molar-refractivity contribution in [3.8, 4) is 0 Å². The fraction of sp³-hybridized carbons (Fsp3) is 0.972. The molecule has 0 atom stereocenters. The highest BCUT2D eigenvalue weighted by Crippen LogP contribution is 2.15. The second-order valence-electron chi connectivity index (χ2n) is 12.5. The van der Waals surface area contributed by atoms with Gasteiger partial charge in [-0.25, -0.2) is 0 Å². The number of hydrogen-bond acceptors (Lipinski definition) is 3. The molecule has 0 rings (SSSR count). The SMILES string of the molecule is CCCCCCCCCCCCCCCCCNCCCCCCCCCCCCCCCCCC(=O)CN. The first-order valence-corrected chi connectivity index (χ1v) is 18.2. The quantitative estimate of drug-likeness (QED) is 0.0771. The van der Waals surface area contributed by atoms with Crippen molar-refractivity contribution in [3.63, 3.8) is 0 Å². The summed E-state index contributed by atoms with van der Waals surface area (Å²) < 4.78 is 0. The predicted molar refractivity (Wildman–Crippen MR) is 176 cm³/mol. The lowest BCUT2D eigenvalue weighted by Gasteiger charge is -2.06. The summed E-state index contributed by atoms with van der Waals surface area (Å²) in [6, 6.07) is 0. The number of carbonyl (C=O) groups excluding carboxylic acids is 1. The third kappa shape index (κ3) is 35.6. The van der Waals surface area contributed by atoms with E-state index in [-0.39, 0.29) is 12.3 Å². The Morgan fingerprint density at radius 3 is 0.949 bits per heavy atom. The Morgan fingerprint density at radius 2 is 0.667 bits per heavy atom. The average Bonchev–Trinajstić information content (AvgIpc) is 2.95. The molecule has 0 aliphatic heterocycles. The summed E-state index contributed by atoms with van der Waals surface area (Å²) in [6.45, 7) is 4.98. The summed E-state index contributed by atoms with van der Waals surface area (Å²) in [5, 5.41) is 3.67. The third-order valence-corrected chi connectivity index (χ3v) is 8.49. The normalized spacial score (nSPS) is 11.4. The van der Waals surface area contributed by atoms with Crippen LogP contribution in [-0.4, -0.2) is 25.4 Å². The van der Waals surface area contributed by atoms with Crippen molar-refractivity contribution in [2.75, 3.05) is 19.6 Å². The third-order valence-electron chi connectivity index (χ3n) is 8.49. The topological polar surface area (TPSA) is 55.1 Å². The fourth-order valence-corrected chi connectivity index (χ4v) is 5.72. The molecule has 0 radical (unpaired) electrons. The molecule has 0 saturated heterocycles. The Morgan fingerprint density at radius 1 is 0.410 bits per heavy atom. The average molecular weight is 551 g/mol. The second-order valence-corrected chi connectivity index (χ2v) is 12.5. The van der Waals surface area contributed by atoms with Gasteiger partial charge in [0, 0.05) is 6.42 Å². The van der Waals surface area contributed by atoms with Crippen LogP contribution in [0.4, 0.5) is 0 Å². The van der Waals surface area contributed by atoms with Gasteiger partial charge in [0.15, 0.2) is 0 Å². The minimum Gasteiger partial charge on any atom is -0.324 e. The van der Waals surface area contributed by atoms with E-state index in [0.717, 1.165) is 6.42 Å². The Hall–Kier alpha value is -0.410. The van der Waals surface area contributed by atoms with Crippen molar-refractivity contribution >= 4 is 5.78 Å². The molecule has 3 heteroatoms. The van der Waals surface area contributed by atoms with E-state index in [4.69, 9.17) is 5.73 Å². The van der Waals surface area contributed by atoms with Gasteiger partial charge in [-0.1, -0.05) is 180 Å². The molecule has 0 aliphatic rings. The maximum absolute atomic E-state index is 11.2. The lowest BCUT2D eigenvalue weighted by atomic mass is 10.0. The molecule has 0 heterocycles. The largest absolute Gasteiger partial charge is 0.324 e. The van der Waals surface area contributed by atoms with Crippen molar-refractivity contribution in [2.45, 2.75) is 206 Å². The van der Waals surface area contributed by atoms with Crippen LogP contribution >= 0.6 is 0 Å². The summed E-state index contributed by atoms with van der Waals surface area (Å²) in [7, 11) is 0. The lowest BCUT2D eigenvalue weighted by molar-refractivity contribution is -0.117. The zero-order valence-corrected chi connectivity index (χ0v) is 27.0. The van der Waals surface area contributed by atoms with Gasteiger partial charge in [0.05, 0.1) is 6.54 Å². The zero-order chi connectivity index (χ0) is 28.3. The predicted octanol–water partition coefficient (Wildman–Crippen LogP) is 11.2. The van der Waals surface area contributed by atoms with Gasteiger partial charge in [-0.2, -0.15) is 0 Å². The van der Waals surface area contributed by atoms with Gasteiger partial charge >= 0.3 is 0 Å². The van der Waals surface area contributed by atoms with Gasteiger partial charge in [0.1, 0.15) is 5.78 Å². The van der Waals surface area contributed by atoms with E-state index in [0.29, 0.717) is 6.42 Å². The van der Waals surface area contributed by atoms with E-state index in [1.807, 2.05) is 0 Å². The maximum atomic E-state index is 11.2. The number of nitrogens with one attached hydrogen (secondary N) is 1. The van der Waals surface area contributed by atoms with Crippen molar-refractivity contribution in [1.82, 2.24) is 5.32 Å². The molecule has 0 aromatic heterocycles. The van der Waals surface area contributed by atoms with Crippen LogP contribution < -0.4 is 11.1 Å². The number of nitrogens with two attached hydrogens (primary N) is 1. The van der Waals surface area contributed by atoms with Crippen molar-refractivity contribution in [1.29, 1.82) is 0 Å². The molecule has 0 aromatic rings. The van der Waals surface area contributed by atoms with Gasteiger partial charge in [0.25, 0.3) is 0 Å². The van der Waals surface area contributed by atoms with Gasteiger partial charge < -0.3 is 11.1 Å². The number of rotatable bonds is 35. The van der Waals surface area contributed by atoms with Gasteiger partial charge in [-0.05, 0) is 32.4 Å². The molecular weight excluding hydrogens is 476 g/mol. The van der Waals surface area contributed by atoms with Crippen LogP contribution in [0.2, 0.25) is 0 Å². The van der Waals surface area contributed by atoms with Gasteiger partial charge in [-0.3, -0.25) is 4.79 Å². The first-order chi connectivity index (χ1) is 19.3.